The Bertz CT molecular complexity index is 929. The SMILES string of the molecule is CC(C)CNC(=O)[C@@H]1CC(=O)N(c2ccc(OCC(=O)Nc3ccc(Cl)cc3)cc2)C1. The lowest BCUT2D eigenvalue weighted by Gasteiger charge is -2.17. The molecule has 2 N–H and O–H groups in total. The van der Waals surface area contributed by atoms with Crippen LogP contribution in [0.15, 0.2) is 48.5 Å². The Hall–Kier alpha value is -3.06. The normalized spacial score (nSPS) is 15.8. The largest absolute Gasteiger partial charge is 0.484 e. The standard InChI is InChI=1S/C23H26ClN3O4/c1-15(2)12-25-23(30)16-11-22(29)27(13-16)19-7-9-20(10-8-19)31-14-21(28)26-18-5-3-17(24)4-6-18/h3-10,15-16H,11-14H2,1-2H3,(H,25,30)(H,26,28)/t16-/m1/s1. The van der Waals surface area contributed by atoms with E-state index < -0.39 is 0 Å². The fourth-order valence-corrected chi connectivity index (χ4v) is 3.31. The van der Waals surface area contributed by atoms with Crippen LogP contribution in [0.4, 0.5) is 11.4 Å². The number of carbonyl (C=O) groups is 3. The number of anilines is 2. The van der Waals surface area contributed by atoms with Gasteiger partial charge in [-0.2, -0.15) is 0 Å². The highest BCUT2D eigenvalue weighted by atomic mass is 35.5. The summed E-state index contributed by atoms with van der Waals surface area (Å²) in [7, 11) is 0. The summed E-state index contributed by atoms with van der Waals surface area (Å²) in [4.78, 5) is 38.3. The van der Waals surface area contributed by atoms with E-state index >= 15 is 0 Å². The second-order valence-corrected chi connectivity index (χ2v) is 8.32. The number of amides is 3. The number of halogens is 1. The second kappa shape index (κ2) is 10.3. The molecular formula is C23H26ClN3O4. The lowest BCUT2D eigenvalue weighted by Crippen LogP contribution is -2.35. The van der Waals surface area contributed by atoms with Crippen LogP contribution in [0.5, 0.6) is 5.75 Å². The maximum Gasteiger partial charge on any atom is 0.262 e. The summed E-state index contributed by atoms with van der Waals surface area (Å²) in [6, 6.07) is 13.7. The molecule has 1 aliphatic heterocycles. The Kier molecular flexibility index (Phi) is 7.52. The van der Waals surface area contributed by atoms with Gasteiger partial charge in [-0.25, -0.2) is 0 Å². The van der Waals surface area contributed by atoms with Crippen molar-refractivity contribution >= 4 is 40.7 Å². The van der Waals surface area contributed by atoms with Gasteiger partial charge in [-0.1, -0.05) is 25.4 Å². The molecule has 3 amide bonds. The van der Waals surface area contributed by atoms with Crippen LogP contribution in [0.25, 0.3) is 0 Å². The van der Waals surface area contributed by atoms with Gasteiger partial charge in [-0.05, 0) is 54.4 Å². The van der Waals surface area contributed by atoms with Crippen molar-refractivity contribution in [2.75, 3.05) is 29.9 Å². The molecule has 0 saturated carbocycles. The van der Waals surface area contributed by atoms with E-state index in [-0.39, 0.29) is 36.7 Å². The van der Waals surface area contributed by atoms with Crippen molar-refractivity contribution in [1.82, 2.24) is 5.32 Å². The lowest BCUT2D eigenvalue weighted by molar-refractivity contribution is -0.126. The van der Waals surface area contributed by atoms with E-state index in [0.29, 0.717) is 41.2 Å². The maximum absolute atomic E-state index is 12.4. The van der Waals surface area contributed by atoms with Gasteiger partial charge in [-0.3, -0.25) is 14.4 Å². The van der Waals surface area contributed by atoms with E-state index in [1.54, 1.807) is 53.4 Å². The zero-order chi connectivity index (χ0) is 22.4. The molecule has 1 saturated heterocycles. The van der Waals surface area contributed by atoms with Gasteiger partial charge in [0.15, 0.2) is 6.61 Å². The molecule has 0 unspecified atom stereocenters. The number of hydrogen-bond acceptors (Lipinski definition) is 4. The molecular weight excluding hydrogens is 418 g/mol. The third kappa shape index (κ3) is 6.46. The fraction of sp³-hybridized carbons (Fsp3) is 0.348. The third-order valence-corrected chi connectivity index (χ3v) is 5.08. The Morgan fingerprint density at radius 2 is 1.81 bits per heavy atom. The summed E-state index contributed by atoms with van der Waals surface area (Å²) in [5.74, 6) is 0.0536. The molecule has 2 aromatic rings. The molecule has 0 spiro atoms. The average molecular weight is 444 g/mol. The van der Waals surface area contributed by atoms with Gasteiger partial charge >= 0.3 is 0 Å². The van der Waals surface area contributed by atoms with Crippen LogP contribution in [-0.2, 0) is 14.4 Å². The lowest BCUT2D eigenvalue weighted by atomic mass is 10.1. The van der Waals surface area contributed by atoms with Crippen LogP contribution in [0.3, 0.4) is 0 Å². The minimum absolute atomic E-state index is 0.0827. The zero-order valence-corrected chi connectivity index (χ0v) is 18.3. The number of rotatable bonds is 8. The maximum atomic E-state index is 12.4. The van der Waals surface area contributed by atoms with E-state index in [1.807, 2.05) is 13.8 Å². The first-order valence-corrected chi connectivity index (χ1v) is 10.6. The molecule has 1 heterocycles. The first-order valence-electron chi connectivity index (χ1n) is 10.2. The van der Waals surface area contributed by atoms with Crippen molar-refractivity contribution in [1.29, 1.82) is 0 Å². The van der Waals surface area contributed by atoms with E-state index in [1.165, 1.54) is 0 Å². The van der Waals surface area contributed by atoms with Gasteiger partial charge in [0.1, 0.15) is 5.75 Å². The molecule has 1 fully saturated rings. The monoisotopic (exact) mass is 443 g/mol. The minimum atomic E-state index is -0.348. The first kappa shape index (κ1) is 22.6. The molecule has 0 bridgehead atoms. The van der Waals surface area contributed by atoms with Crippen LogP contribution < -0.4 is 20.3 Å². The third-order valence-electron chi connectivity index (χ3n) is 4.83. The van der Waals surface area contributed by atoms with Crippen LogP contribution >= 0.6 is 11.6 Å². The van der Waals surface area contributed by atoms with Gasteiger partial charge in [0.2, 0.25) is 11.8 Å². The van der Waals surface area contributed by atoms with E-state index in [2.05, 4.69) is 10.6 Å². The first-order chi connectivity index (χ1) is 14.8. The van der Waals surface area contributed by atoms with E-state index in [4.69, 9.17) is 16.3 Å². The molecule has 8 heteroatoms. The minimum Gasteiger partial charge on any atom is -0.484 e. The van der Waals surface area contributed by atoms with Gasteiger partial charge in [-0.15, -0.1) is 0 Å². The van der Waals surface area contributed by atoms with Gasteiger partial charge in [0, 0.05) is 35.9 Å². The predicted octanol–water partition coefficient (Wildman–Crippen LogP) is 3.48. The smallest absolute Gasteiger partial charge is 0.262 e. The summed E-state index contributed by atoms with van der Waals surface area (Å²) in [6.07, 6.45) is 0.201. The Balaban J connectivity index is 1.50. The van der Waals surface area contributed by atoms with Gasteiger partial charge in [0.25, 0.3) is 5.91 Å². The van der Waals surface area contributed by atoms with Crippen molar-refractivity contribution in [3.05, 3.63) is 53.6 Å². The molecule has 0 aromatic heterocycles. The van der Waals surface area contributed by atoms with Crippen LogP contribution in [0.1, 0.15) is 20.3 Å². The van der Waals surface area contributed by atoms with Crippen molar-refractivity contribution in [2.45, 2.75) is 20.3 Å². The highest BCUT2D eigenvalue weighted by molar-refractivity contribution is 6.30. The molecule has 0 radical (unpaired) electrons. The number of carbonyl (C=O) groups excluding carboxylic acids is 3. The van der Waals surface area contributed by atoms with Crippen molar-refractivity contribution < 1.29 is 19.1 Å². The van der Waals surface area contributed by atoms with Gasteiger partial charge < -0.3 is 20.3 Å². The van der Waals surface area contributed by atoms with Gasteiger partial charge in [0.05, 0.1) is 5.92 Å². The summed E-state index contributed by atoms with van der Waals surface area (Å²) in [5, 5.41) is 6.20. The Morgan fingerprint density at radius 3 is 2.45 bits per heavy atom. The van der Waals surface area contributed by atoms with E-state index in [0.717, 1.165) is 0 Å². The predicted molar refractivity (Wildman–Crippen MR) is 120 cm³/mol. The Morgan fingerprint density at radius 1 is 1.13 bits per heavy atom. The fourth-order valence-electron chi connectivity index (χ4n) is 3.18. The topological polar surface area (TPSA) is 87.7 Å². The summed E-state index contributed by atoms with van der Waals surface area (Å²) < 4.78 is 5.52. The summed E-state index contributed by atoms with van der Waals surface area (Å²) in [6.45, 7) is 4.85. The molecule has 0 aliphatic carbocycles. The summed E-state index contributed by atoms with van der Waals surface area (Å²) in [5.41, 5.74) is 1.33. The van der Waals surface area contributed by atoms with Crippen LogP contribution in [-0.4, -0.2) is 37.4 Å². The van der Waals surface area contributed by atoms with Crippen LogP contribution in [0.2, 0.25) is 5.02 Å². The average Bonchev–Trinajstić information content (AvgIpc) is 3.14. The molecule has 164 valence electrons. The molecule has 7 nitrogen and oxygen atoms in total. The number of benzene rings is 2. The number of nitrogens with zero attached hydrogens (tertiary/aromatic N) is 1. The van der Waals surface area contributed by atoms with Crippen molar-refractivity contribution in [3.8, 4) is 5.75 Å². The molecule has 1 aliphatic rings. The highest BCUT2D eigenvalue weighted by Crippen LogP contribution is 2.27. The number of nitrogens with one attached hydrogen (secondary N) is 2. The zero-order valence-electron chi connectivity index (χ0n) is 17.6. The molecule has 31 heavy (non-hydrogen) atoms. The van der Waals surface area contributed by atoms with Crippen LogP contribution in [0, 0.1) is 11.8 Å². The van der Waals surface area contributed by atoms with Crippen molar-refractivity contribution in [2.24, 2.45) is 11.8 Å². The number of hydrogen-bond donors (Lipinski definition) is 2. The molecule has 1 atom stereocenters. The number of ether oxygens (including phenoxy) is 1. The highest BCUT2D eigenvalue weighted by Gasteiger charge is 2.35. The second-order valence-electron chi connectivity index (χ2n) is 7.88. The Labute approximate surface area is 186 Å². The van der Waals surface area contributed by atoms with E-state index in [9.17, 15) is 14.4 Å². The summed E-state index contributed by atoms with van der Waals surface area (Å²) >= 11 is 5.83. The molecule has 3 rings (SSSR count). The van der Waals surface area contributed by atoms with Crippen molar-refractivity contribution in [3.63, 3.8) is 0 Å². The molecule has 2 aromatic carbocycles. The quantitative estimate of drug-likeness (QED) is 0.653.